The molecule has 0 fully saturated rings. The standard InChI is InChI=1S/C26H45NO3/c1-3-5-7-9-11-13-15-17-21-30-23-19-20-24(26(28)22-23)25(27-29)18-16-14-12-10-8-6-4-2/h19-20,22,28-29H,3-18,21H2,1-2H3/b27-25+. The Morgan fingerprint density at radius 1 is 0.767 bits per heavy atom. The Kier molecular flexibility index (Phi) is 15.9. The third-order valence-corrected chi connectivity index (χ3v) is 5.68. The molecule has 0 spiro atoms. The topological polar surface area (TPSA) is 62.0 Å². The molecule has 4 heteroatoms. The third kappa shape index (κ3) is 12.1. The summed E-state index contributed by atoms with van der Waals surface area (Å²) in [5.74, 6) is 0.798. The van der Waals surface area contributed by atoms with Crippen molar-refractivity contribution in [1.29, 1.82) is 0 Å². The van der Waals surface area contributed by atoms with E-state index in [1.165, 1.54) is 77.0 Å². The van der Waals surface area contributed by atoms with Gasteiger partial charge in [0, 0.05) is 11.6 Å². The number of oxime groups is 1. The predicted molar refractivity (Wildman–Crippen MR) is 127 cm³/mol. The maximum Gasteiger partial charge on any atom is 0.128 e. The molecule has 0 saturated heterocycles. The Balaban J connectivity index is 2.27. The van der Waals surface area contributed by atoms with Gasteiger partial charge in [0.25, 0.3) is 0 Å². The number of phenols is 1. The molecule has 0 aliphatic heterocycles. The third-order valence-electron chi connectivity index (χ3n) is 5.68. The summed E-state index contributed by atoms with van der Waals surface area (Å²) in [7, 11) is 0. The zero-order valence-corrected chi connectivity index (χ0v) is 19.5. The van der Waals surface area contributed by atoms with Crippen molar-refractivity contribution in [2.75, 3.05) is 6.61 Å². The summed E-state index contributed by atoms with van der Waals surface area (Å²) >= 11 is 0. The lowest BCUT2D eigenvalue weighted by Crippen LogP contribution is -2.03. The molecular weight excluding hydrogens is 374 g/mol. The molecule has 0 atom stereocenters. The van der Waals surface area contributed by atoms with Gasteiger partial charge in [0.2, 0.25) is 0 Å². The quantitative estimate of drug-likeness (QED) is 0.103. The van der Waals surface area contributed by atoms with Crippen LogP contribution < -0.4 is 4.74 Å². The van der Waals surface area contributed by atoms with Gasteiger partial charge in [0.15, 0.2) is 0 Å². The van der Waals surface area contributed by atoms with Crippen LogP contribution in [0.4, 0.5) is 0 Å². The van der Waals surface area contributed by atoms with Crippen LogP contribution in [0.15, 0.2) is 23.4 Å². The molecule has 0 bridgehead atoms. The molecule has 0 saturated carbocycles. The SMILES string of the molecule is CCCCCCCCCCOc1ccc(/C(CCCCCCCCC)=N/O)c(O)c1. The molecule has 1 aromatic rings. The van der Waals surface area contributed by atoms with E-state index >= 15 is 0 Å². The number of benzene rings is 1. The molecule has 30 heavy (non-hydrogen) atoms. The van der Waals surface area contributed by atoms with Gasteiger partial charge in [0.1, 0.15) is 11.5 Å². The average Bonchev–Trinajstić information content (AvgIpc) is 2.75. The second kappa shape index (κ2) is 18.1. The van der Waals surface area contributed by atoms with E-state index in [-0.39, 0.29) is 5.75 Å². The van der Waals surface area contributed by atoms with Crippen molar-refractivity contribution in [3.8, 4) is 11.5 Å². The Morgan fingerprint density at radius 3 is 1.83 bits per heavy atom. The summed E-state index contributed by atoms with van der Waals surface area (Å²) in [6.45, 7) is 5.14. The maximum absolute atomic E-state index is 10.4. The Morgan fingerprint density at radius 2 is 1.30 bits per heavy atom. The number of phenolic OH excluding ortho intramolecular Hbond substituents is 1. The summed E-state index contributed by atoms with van der Waals surface area (Å²) in [5.41, 5.74) is 1.15. The van der Waals surface area contributed by atoms with Gasteiger partial charge in [0.05, 0.1) is 12.3 Å². The highest BCUT2D eigenvalue weighted by Gasteiger charge is 2.11. The largest absolute Gasteiger partial charge is 0.507 e. The van der Waals surface area contributed by atoms with Gasteiger partial charge in [-0.15, -0.1) is 0 Å². The van der Waals surface area contributed by atoms with Crippen LogP contribution in [-0.2, 0) is 0 Å². The number of ether oxygens (including phenoxy) is 1. The van der Waals surface area contributed by atoms with Gasteiger partial charge >= 0.3 is 0 Å². The van der Waals surface area contributed by atoms with E-state index in [1.807, 2.05) is 6.07 Å². The summed E-state index contributed by atoms with van der Waals surface area (Å²) in [6, 6.07) is 5.29. The van der Waals surface area contributed by atoms with Gasteiger partial charge in [-0.2, -0.15) is 0 Å². The van der Waals surface area contributed by atoms with E-state index in [2.05, 4.69) is 19.0 Å². The molecule has 0 heterocycles. The van der Waals surface area contributed by atoms with Gasteiger partial charge < -0.3 is 15.1 Å². The van der Waals surface area contributed by atoms with Crippen molar-refractivity contribution in [3.63, 3.8) is 0 Å². The summed E-state index contributed by atoms with van der Waals surface area (Å²) in [5, 5.41) is 23.2. The monoisotopic (exact) mass is 419 g/mol. The lowest BCUT2D eigenvalue weighted by Gasteiger charge is -2.11. The molecule has 0 aromatic heterocycles. The molecule has 172 valence electrons. The Bertz CT molecular complexity index is 571. The predicted octanol–water partition coefficient (Wildman–Crippen LogP) is 8.23. The van der Waals surface area contributed by atoms with E-state index in [9.17, 15) is 10.3 Å². The minimum absolute atomic E-state index is 0.124. The smallest absolute Gasteiger partial charge is 0.128 e. The maximum atomic E-state index is 10.4. The van der Waals surface area contributed by atoms with Gasteiger partial charge in [-0.25, -0.2) is 0 Å². The first-order valence-corrected chi connectivity index (χ1v) is 12.4. The highest BCUT2D eigenvalue weighted by atomic mass is 16.5. The zero-order valence-electron chi connectivity index (χ0n) is 19.5. The fourth-order valence-corrected chi connectivity index (χ4v) is 3.76. The van der Waals surface area contributed by atoms with Crippen LogP contribution in [0.3, 0.4) is 0 Å². The molecule has 2 N–H and O–H groups in total. The van der Waals surface area contributed by atoms with Crippen molar-refractivity contribution in [3.05, 3.63) is 23.8 Å². The number of hydrogen-bond acceptors (Lipinski definition) is 4. The molecule has 1 rings (SSSR count). The van der Waals surface area contributed by atoms with Gasteiger partial charge in [-0.05, 0) is 31.4 Å². The number of aromatic hydroxyl groups is 1. The molecule has 0 amide bonds. The van der Waals surface area contributed by atoms with Crippen molar-refractivity contribution in [2.45, 2.75) is 117 Å². The fourth-order valence-electron chi connectivity index (χ4n) is 3.76. The first-order valence-electron chi connectivity index (χ1n) is 12.4. The van der Waals surface area contributed by atoms with Crippen LogP contribution in [-0.4, -0.2) is 22.6 Å². The van der Waals surface area contributed by atoms with Gasteiger partial charge in [-0.3, -0.25) is 0 Å². The van der Waals surface area contributed by atoms with Crippen molar-refractivity contribution < 1.29 is 15.1 Å². The van der Waals surface area contributed by atoms with E-state index in [4.69, 9.17) is 4.74 Å². The van der Waals surface area contributed by atoms with Crippen LogP contribution in [0.1, 0.15) is 122 Å². The molecule has 4 nitrogen and oxygen atoms in total. The van der Waals surface area contributed by atoms with Crippen LogP contribution in [0.2, 0.25) is 0 Å². The van der Waals surface area contributed by atoms with Crippen LogP contribution in [0.25, 0.3) is 0 Å². The Labute approximate surface area is 184 Å². The summed E-state index contributed by atoms with van der Waals surface area (Å²) in [4.78, 5) is 0. The first-order chi connectivity index (χ1) is 14.7. The van der Waals surface area contributed by atoms with Crippen LogP contribution in [0, 0.1) is 0 Å². The van der Waals surface area contributed by atoms with E-state index in [0.29, 0.717) is 30.1 Å². The highest BCUT2D eigenvalue weighted by Crippen LogP contribution is 2.26. The highest BCUT2D eigenvalue weighted by molar-refractivity contribution is 6.02. The van der Waals surface area contributed by atoms with Crippen molar-refractivity contribution in [1.82, 2.24) is 0 Å². The minimum Gasteiger partial charge on any atom is -0.507 e. The first kappa shape index (κ1) is 26.3. The number of unbranched alkanes of at least 4 members (excludes halogenated alkanes) is 13. The van der Waals surface area contributed by atoms with Crippen molar-refractivity contribution >= 4 is 5.71 Å². The fraction of sp³-hybridized carbons (Fsp3) is 0.731. The van der Waals surface area contributed by atoms with Gasteiger partial charge in [-0.1, -0.05) is 102 Å². The normalized spacial score (nSPS) is 11.7. The second-order valence-corrected chi connectivity index (χ2v) is 8.42. The van der Waals surface area contributed by atoms with E-state index in [0.717, 1.165) is 19.3 Å². The molecule has 0 aliphatic rings. The number of nitrogens with zero attached hydrogens (tertiary/aromatic N) is 1. The average molecular weight is 420 g/mol. The molecular formula is C26H45NO3. The number of hydrogen-bond donors (Lipinski definition) is 2. The minimum atomic E-state index is 0.124. The van der Waals surface area contributed by atoms with E-state index < -0.39 is 0 Å². The summed E-state index contributed by atoms with van der Waals surface area (Å²) < 4.78 is 5.78. The Hall–Kier alpha value is -1.71. The number of rotatable bonds is 19. The lowest BCUT2D eigenvalue weighted by molar-refractivity contribution is 0.302. The summed E-state index contributed by atoms with van der Waals surface area (Å²) in [6.07, 6.45) is 19.3. The van der Waals surface area contributed by atoms with Crippen LogP contribution >= 0.6 is 0 Å². The van der Waals surface area contributed by atoms with E-state index in [1.54, 1.807) is 12.1 Å². The molecule has 0 unspecified atom stereocenters. The zero-order chi connectivity index (χ0) is 21.9. The lowest BCUT2D eigenvalue weighted by atomic mass is 10.0. The molecule has 0 radical (unpaired) electrons. The van der Waals surface area contributed by atoms with Crippen LogP contribution in [0.5, 0.6) is 11.5 Å². The molecule has 1 aromatic carbocycles. The second-order valence-electron chi connectivity index (χ2n) is 8.42. The van der Waals surface area contributed by atoms with Crippen molar-refractivity contribution in [2.24, 2.45) is 5.16 Å². The molecule has 0 aliphatic carbocycles.